The lowest BCUT2D eigenvalue weighted by molar-refractivity contribution is 0.0751. The van der Waals surface area contributed by atoms with E-state index in [0.29, 0.717) is 0 Å². The molecule has 5 heteroatoms. The molecule has 0 bridgehead atoms. The molecule has 112 valence electrons. The Labute approximate surface area is 133 Å². The van der Waals surface area contributed by atoms with Crippen molar-refractivity contribution in [1.82, 2.24) is 9.88 Å². The van der Waals surface area contributed by atoms with Gasteiger partial charge in [-0.2, -0.15) is 0 Å². The Morgan fingerprint density at radius 1 is 1.48 bits per heavy atom. The van der Waals surface area contributed by atoms with E-state index in [1.165, 1.54) is 24.2 Å². The van der Waals surface area contributed by atoms with Gasteiger partial charge in [-0.1, -0.05) is 13.0 Å². The lowest BCUT2D eigenvalue weighted by atomic mass is 10.3. The Bertz CT molecular complexity index is 614. The smallest absolute Gasteiger partial charge is 0.265 e. The first-order chi connectivity index (χ1) is 10.2. The van der Waals surface area contributed by atoms with Gasteiger partial charge in [-0.25, -0.2) is 4.98 Å². The fourth-order valence-corrected chi connectivity index (χ4v) is 4.23. The highest BCUT2D eigenvalue weighted by molar-refractivity contribution is 7.22. The maximum absolute atomic E-state index is 12.8. The third-order valence-electron chi connectivity index (χ3n) is 3.68. The van der Waals surface area contributed by atoms with Gasteiger partial charge < -0.3 is 4.90 Å². The van der Waals surface area contributed by atoms with Crippen LogP contribution in [0.4, 0.5) is 0 Å². The van der Waals surface area contributed by atoms with Crippen LogP contribution in [0, 0.1) is 12.8 Å². The second-order valence-corrected chi connectivity index (χ2v) is 7.55. The molecule has 0 N–H and O–H groups in total. The quantitative estimate of drug-likeness (QED) is 0.788. The number of hydrogen-bond donors (Lipinski definition) is 0. The molecule has 2 heterocycles. The molecule has 21 heavy (non-hydrogen) atoms. The van der Waals surface area contributed by atoms with Crippen molar-refractivity contribution < 1.29 is 4.79 Å². The molecule has 0 spiro atoms. The Kier molecular flexibility index (Phi) is 4.40. The highest BCUT2D eigenvalue weighted by Gasteiger charge is 2.28. The molecule has 3 rings (SSSR count). The van der Waals surface area contributed by atoms with E-state index in [0.717, 1.165) is 45.9 Å². The molecule has 1 fully saturated rings. The van der Waals surface area contributed by atoms with Gasteiger partial charge in [-0.15, -0.1) is 22.7 Å². The van der Waals surface area contributed by atoms with Crippen LogP contribution in [-0.2, 0) is 0 Å². The van der Waals surface area contributed by atoms with E-state index in [1.807, 2.05) is 23.3 Å². The van der Waals surface area contributed by atoms with Crippen LogP contribution < -0.4 is 0 Å². The van der Waals surface area contributed by atoms with Gasteiger partial charge in [0.05, 0.1) is 10.6 Å². The second-order valence-electron chi connectivity index (χ2n) is 5.61. The fraction of sp³-hybridized carbons (Fsp3) is 0.500. The largest absolute Gasteiger partial charge is 0.338 e. The fourth-order valence-electron chi connectivity index (χ4n) is 2.40. The second kappa shape index (κ2) is 6.28. The topological polar surface area (TPSA) is 33.2 Å². The molecular weight excluding hydrogens is 300 g/mol. The van der Waals surface area contributed by atoms with Crippen molar-refractivity contribution in [2.24, 2.45) is 5.92 Å². The zero-order valence-electron chi connectivity index (χ0n) is 12.5. The lowest BCUT2D eigenvalue weighted by Gasteiger charge is -2.21. The normalized spacial score (nSPS) is 14.4. The van der Waals surface area contributed by atoms with E-state index in [-0.39, 0.29) is 5.91 Å². The van der Waals surface area contributed by atoms with Crippen molar-refractivity contribution >= 4 is 28.6 Å². The number of amides is 1. The Morgan fingerprint density at radius 2 is 2.29 bits per heavy atom. The molecule has 1 amide bonds. The Balaban J connectivity index is 1.82. The van der Waals surface area contributed by atoms with E-state index in [1.54, 1.807) is 11.3 Å². The minimum Gasteiger partial charge on any atom is -0.338 e. The summed E-state index contributed by atoms with van der Waals surface area (Å²) in [5, 5.41) is 3.01. The van der Waals surface area contributed by atoms with Crippen LogP contribution in [0.2, 0.25) is 0 Å². The molecule has 1 aliphatic rings. The van der Waals surface area contributed by atoms with Gasteiger partial charge in [0, 0.05) is 13.1 Å². The van der Waals surface area contributed by atoms with Crippen LogP contribution in [0.15, 0.2) is 17.5 Å². The molecule has 0 atom stereocenters. The van der Waals surface area contributed by atoms with Crippen LogP contribution in [0.25, 0.3) is 9.88 Å². The van der Waals surface area contributed by atoms with Crippen molar-refractivity contribution in [2.75, 3.05) is 13.1 Å². The number of aryl methyl sites for hydroxylation is 1. The number of thiazole rings is 1. The van der Waals surface area contributed by atoms with Gasteiger partial charge in [0.1, 0.15) is 9.88 Å². The summed E-state index contributed by atoms with van der Waals surface area (Å²) in [5.74, 6) is 0.895. The van der Waals surface area contributed by atoms with Crippen molar-refractivity contribution in [3.63, 3.8) is 0 Å². The summed E-state index contributed by atoms with van der Waals surface area (Å²) in [4.78, 5) is 21.4. The third-order valence-corrected chi connectivity index (χ3v) is 5.86. The number of nitrogens with zero attached hydrogens (tertiary/aromatic N) is 2. The van der Waals surface area contributed by atoms with Crippen molar-refractivity contribution in [1.29, 1.82) is 0 Å². The summed E-state index contributed by atoms with van der Waals surface area (Å²) < 4.78 is 0. The summed E-state index contributed by atoms with van der Waals surface area (Å²) in [6, 6.07) is 4.08. The van der Waals surface area contributed by atoms with Crippen LogP contribution in [0.5, 0.6) is 0 Å². The zero-order chi connectivity index (χ0) is 14.8. The highest BCUT2D eigenvalue weighted by atomic mass is 32.1. The van der Waals surface area contributed by atoms with Gasteiger partial charge in [-0.3, -0.25) is 4.79 Å². The molecule has 0 saturated heterocycles. The third kappa shape index (κ3) is 3.35. The van der Waals surface area contributed by atoms with Crippen molar-refractivity contribution in [3.8, 4) is 9.88 Å². The first-order valence-electron chi connectivity index (χ1n) is 7.49. The monoisotopic (exact) mass is 320 g/mol. The van der Waals surface area contributed by atoms with Gasteiger partial charge >= 0.3 is 0 Å². The van der Waals surface area contributed by atoms with Gasteiger partial charge in [-0.05, 0) is 43.6 Å². The van der Waals surface area contributed by atoms with E-state index in [4.69, 9.17) is 0 Å². The summed E-state index contributed by atoms with van der Waals surface area (Å²) in [6.07, 6.45) is 3.55. The maximum Gasteiger partial charge on any atom is 0.265 e. The lowest BCUT2D eigenvalue weighted by Crippen LogP contribution is -2.33. The van der Waals surface area contributed by atoms with Gasteiger partial charge in [0.2, 0.25) is 0 Å². The molecule has 3 nitrogen and oxygen atoms in total. The van der Waals surface area contributed by atoms with E-state index < -0.39 is 0 Å². The number of thiophene rings is 1. The predicted molar refractivity (Wildman–Crippen MR) is 89.1 cm³/mol. The minimum atomic E-state index is 0.168. The molecule has 2 aromatic heterocycles. The molecular formula is C16H20N2OS2. The summed E-state index contributed by atoms with van der Waals surface area (Å²) in [7, 11) is 0. The Hall–Kier alpha value is -1.20. The number of carbonyl (C=O) groups is 1. The SMILES string of the molecule is CCCN(CC1CC1)C(=O)c1sc(-c2cccs2)nc1C. The summed E-state index contributed by atoms with van der Waals surface area (Å²) in [6.45, 7) is 5.84. The van der Waals surface area contributed by atoms with Gasteiger partial charge in [0.15, 0.2) is 0 Å². The van der Waals surface area contributed by atoms with Gasteiger partial charge in [0.25, 0.3) is 5.91 Å². The van der Waals surface area contributed by atoms with E-state index in [2.05, 4.69) is 18.0 Å². The van der Waals surface area contributed by atoms with Crippen molar-refractivity contribution in [3.05, 3.63) is 28.1 Å². The molecule has 0 aromatic carbocycles. The average Bonchev–Trinajstić information content (AvgIpc) is 2.98. The van der Waals surface area contributed by atoms with E-state index in [9.17, 15) is 4.79 Å². The number of carbonyl (C=O) groups excluding carboxylic acids is 1. The summed E-state index contributed by atoms with van der Waals surface area (Å²) >= 11 is 3.21. The van der Waals surface area contributed by atoms with Crippen LogP contribution in [0.1, 0.15) is 41.6 Å². The minimum absolute atomic E-state index is 0.168. The van der Waals surface area contributed by atoms with Crippen LogP contribution in [-0.4, -0.2) is 28.9 Å². The maximum atomic E-state index is 12.8. The molecule has 2 aromatic rings. The highest BCUT2D eigenvalue weighted by Crippen LogP contribution is 2.33. The molecule has 0 unspecified atom stereocenters. The Morgan fingerprint density at radius 3 is 2.90 bits per heavy atom. The first-order valence-corrected chi connectivity index (χ1v) is 9.19. The van der Waals surface area contributed by atoms with E-state index >= 15 is 0 Å². The standard InChI is InChI=1S/C16H20N2OS2/c1-3-8-18(10-12-6-7-12)16(19)14-11(2)17-15(21-14)13-5-4-9-20-13/h4-5,9,12H,3,6-8,10H2,1-2H3. The number of hydrogen-bond acceptors (Lipinski definition) is 4. The number of aromatic nitrogens is 1. The van der Waals surface area contributed by atoms with Crippen LogP contribution >= 0.6 is 22.7 Å². The molecule has 1 saturated carbocycles. The molecule has 0 radical (unpaired) electrons. The molecule has 0 aliphatic heterocycles. The van der Waals surface area contributed by atoms with Crippen molar-refractivity contribution in [2.45, 2.75) is 33.1 Å². The average molecular weight is 320 g/mol. The number of rotatable bonds is 6. The summed E-state index contributed by atoms with van der Waals surface area (Å²) in [5.41, 5.74) is 0.866. The molecule has 1 aliphatic carbocycles. The zero-order valence-corrected chi connectivity index (χ0v) is 14.1. The first kappa shape index (κ1) is 14.7. The van der Waals surface area contributed by atoms with Crippen LogP contribution in [0.3, 0.4) is 0 Å². The predicted octanol–water partition coefficient (Wildman–Crippen LogP) is 4.44.